The standard InChI is InChI=1S/C15H33NO/c1-4-5-6-7-8-9-10-11-12-15(17,13-16)14(2)3/h14,17H,4-13,16H2,1-3H3. The van der Waals surface area contributed by atoms with Gasteiger partial charge < -0.3 is 10.8 Å². The maximum atomic E-state index is 10.2. The highest BCUT2D eigenvalue weighted by atomic mass is 16.3. The average Bonchev–Trinajstić information content (AvgIpc) is 2.32. The summed E-state index contributed by atoms with van der Waals surface area (Å²) >= 11 is 0. The largest absolute Gasteiger partial charge is 0.388 e. The van der Waals surface area contributed by atoms with Crippen LogP contribution in [0.25, 0.3) is 0 Å². The lowest BCUT2D eigenvalue weighted by molar-refractivity contribution is -0.00649. The van der Waals surface area contributed by atoms with Crippen molar-refractivity contribution in [2.75, 3.05) is 6.54 Å². The van der Waals surface area contributed by atoms with Gasteiger partial charge >= 0.3 is 0 Å². The van der Waals surface area contributed by atoms with Gasteiger partial charge in [-0.05, 0) is 12.3 Å². The smallest absolute Gasteiger partial charge is 0.0792 e. The molecule has 0 fully saturated rings. The molecule has 0 spiro atoms. The van der Waals surface area contributed by atoms with E-state index in [1.54, 1.807) is 0 Å². The van der Waals surface area contributed by atoms with Gasteiger partial charge in [0.2, 0.25) is 0 Å². The van der Waals surface area contributed by atoms with Gasteiger partial charge in [0.15, 0.2) is 0 Å². The van der Waals surface area contributed by atoms with E-state index in [2.05, 4.69) is 20.8 Å². The molecule has 0 aliphatic carbocycles. The molecular weight excluding hydrogens is 210 g/mol. The SMILES string of the molecule is CCCCCCCCCCC(O)(CN)C(C)C. The summed E-state index contributed by atoms with van der Waals surface area (Å²) in [4.78, 5) is 0. The van der Waals surface area contributed by atoms with Gasteiger partial charge in [-0.1, -0.05) is 72.1 Å². The highest BCUT2D eigenvalue weighted by Crippen LogP contribution is 2.23. The third kappa shape index (κ3) is 7.77. The quantitative estimate of drug-likeness (QED) is 0.541. The summed E-state index contributed by atoms with van der Waals surface area (Å²) in [6.07, 6.45) is 11.3. The van der Waals surface area contributed by atoms with Crippen LogP contribution in [0, 0.1) is 5.92 Å². The Morgan fingerprint density at radius 3 is 1.82 bits per heavy atom. The predicted octanol–water partition coefficient (Wildman–Crippen LogP) is 3.86. The fourth-order valence-corrected chi connectivity index (χ4v) is 2.19. The zero-order valence-electron chi connectivity index (χ0n) is 12.2. The first-order chi connectivity index (χ1) is 8.06. The molecule has 0 aromatic rings. The van der Waals surface area contributed by atoms with Gasteiger partial charge in [-0.2, -0.15) is 0 Å². The van der Waals surface area contributed by atoms with Crippen molar-refractivity contribution in [2.45, 2.75) is 84.2 Å². The molecule has 1 unspecified atom stereocenters. The van der Waals surface area contributed by atoms with E-state index in [1.807, 2.05) is 0 Å². The van der Waals surface area contributed by atoms with Crippen molar-refractivity contribution in [3.8, 4) is 0 Å². The molecule has 0 saturated heterocycles. The van der Waals surface area contributed by atoms with E-state index in [1.165, 1.54) is 44.9 Å². The first kappa shape index (κ1) is 16.9. The van der Waals surface area contributed by atoms with E-state index in [4.69, 9.17) is 5.73 Å². The number of aliphatic hydroxyl groups is 1. The Morgan fingerprint density at radius 1 is 0.941 bits per heavy atom. The average molecular weight is 243 g/mol. The molecule has 2 heteroatoms. The molecule has 0 amide bonds. The van der Waals surface area contributed by atoms with Crippen LogP contribution in [-0.2, 0) is 0 Å². The third-order valence-electron chi connectivity index (χ3n) is 3.89. The van der Waals surface area contributed by atoms with Gasteiger partial charge in [0, 0.05) is 6.54 Å². The molecule has 104 valence electrons. The zero-order chi connectivity index (χ0) is 13.1. The number of unbranched alkanes of at least 4 members (excludes halogenated alkanes) is 7. The molecule has 3 N–H and O–H groups in total. The number of hydrogen-bond donors (Lipinski definition) is 2. The van der Waals surface area contributed by atoms with E-state index in [-0.39, 0.29) is 5.92 Å². The molecule has 0 aromatic heterocycles. The third-order valence-corrected chi connectivity index (χ3v) is 3.89. The van der Waals surface area contributed by atoms with Crippen LogP contribution in [0.5, 0.6) is 0 Å². The van der Waals surface area contributed by atoms with Crippen LogP contribution < -0.4 is 5.73 Å². The number of hydrogen-bond acceptors (Lipinski definition) is 2. The molecule has 0 rings (SSSR count). The monoisotopic (exact) mass is 243 g/mol. The first-order valence-electron chi connectivity index (χ1n) is 7.49. The Morgan fingerprint density at radius 2 is 1.41 bits per heavy atom. The van der Waals surface area contributed by atoms with Crippen molar-refractivity contribution in [1.82, 2.24) is 0 Å². The second kappa shape index (κ2) is 9.90. The Bertz CT molecular complexity index is 170. The molecule has 0 aliphatic heterocycles. The normalized spacial score (nSPS) is 15.2. The van der Waals surface area contributed by atoms with Crippen molar-refractivity contribution >= 4 is 0 Å². The zero-order valence-corrected chi connectivity index (χ0v) is 12.2. The number of nitrogens with two attached hydrogens (primary N) is 1. The maximum Gasteiger partial charge on any atom is 0.0792 e. The maximum absolute atomic E-state index is 10.2. The lowest BCUT2D eigenvalue weighted by Gasteiger charge is -2.30. The first-order valence-corrected chi connectivity index (χ1v) is 7.49. The lowest BCUT2D eigenvalue weighted by Crippen LogP contribution is -2.42. The second-order valence-corrected chi connectivity index (χ2v) is 5.69. The van der Waals surface area contributed by atoms with E-state index < -0.39 is 5.60 Å². The highest BCUT2D eigenvalue weighted by Gasteiger charge is 2.28. The van der Waals surface area contributed by atoms with Crippen LogP contribution in [0.1, 0.15) is 78.6 Å². The molecular formula is C15H33NO. The summed E-state index contributed by atoms with van der Waals surface area (Å²) in [5.41, 5.74) is 5.02. The second-order valence-electron chi connectivity index (χ2n) is 5.69. The van der Waals surface area contributed by atoms with Crippen LogP contribution in [0.2, 0.25) is 0 Å². The summed E-state index contributed by atoms with van der Waals surface area (Å²) < 4.78 is 0. The van der Waals surface area contributed by atoms with Crippen LogP contribution in [0.15, 0.2) is 0 Å². The van der Waals surface area contributed by atoms with Gasteiger partial charge in [0.05, 0.1) is 5.60 Å². The van der Waals surface area contributed by atoms with Gasteiger partial charge in [-0.3, -0.25) is 0 Å². The molecule has 0 saturated carbocycles. The summed E-state index contributed by atoms with van der Waals surface area (Å²) in [5.74, 6) is 0.261. The molecule has 0 radical (unpaired) electrons. The minimum absolute atomic E-state index is 0.261. The van der Waals surface area contributed by atoms with E-state index in [9.17, 15) is 5.11 Å². The molecule has 2 nitrogen and oxygen atoms in total. The molecule has 0 bridgehead atoms. The molecule has 17 heavy (non-hydrogen) atoms. The Kier molecular flexibility index (Phi) is 9.85. The fraction of sp³-hybridized carbons (Fsp3) is 1.00. The Hall–Kier alpha value is -0.0800. The van der Waals surface area contributed by atoms with Crippen LogP contribution in [0.4, 0.5) is 0 Å². The van der Waals surface area contributed by atoms with Gasteiger partial charge in [-0.15, -0.1) is 0 Å². The van der Waals surface area contributed by atoms with Crippen LogP contribution in [-0.4, -0.2) is 17.3 Å². The van der Waals surface area contributed by atoms with E-state index >= 15 is 0 Å². The Labute approximate surface area is 108 Å². The summed E-state index contributed by atoms with van der Waals surface area (Å²) in [5, 5.41) is 10.2. The molecule has 1 atom stereocenters. The van der Waals surface area contributed by atoms with Crippen molar-refractivity contribution in [1.29, 1.82) is 0 Å². The van der Waals surface area contributed by atoms with Crippen molar-refractivity contribution in [2.24, 2.45) is 11.7 Å². The van der Waals surface area contributed by atoms with Crippen LogP contribution in [0.3, 0.4) is 0 Å². The topological polar surface area (TPSA) is 46.2 Å². The van der Waals surface area contributed by atoms with E-state index in [0.717, 1.165) is 12.8 Å². The summed E-state index contributed by atoms with van der Waals surface area (Å²) in [6.45, 7) is 6.75. The predicted molar refractivity (Wildman–Crippen MR) is 76.1 cm³/mol. The number of rotatable bonds is 11. The Balaban J connectivity index is 3.44. The van der Waals surface area contributed by atoms with Gasteiger partial charge in [0.1, 0.15) is 0 Å². The minimum Gasteiger partial charge on any atom is -0.388 e. The minimum atomic E-state index is -0.637. The van der Waals surface area contributed by atoms with Gasteiger partial charge in [-0.25, -0.2) is 0 Å². The highest BCUT2D eigenvalue weighted by molar-refractivity contribution is 4.82. The molecule has 0 heterocycles. The van der Waals surface area contributed by atoms with Gasteiger partial charge in [0.25, 0.3) is 0 Å². The lowest BCUT2D eigenvalue weighted by atomic mass is 9.85. The van der Waals surface area contributed by atoms with E-state index in [0.29, 0.717) is 6.54 Å². The molecule has 0 aromatic carbocycles. The summed E-state index contributed by atoms with van der Waals surface area (Å²) in [6, 6.07) is 0. The van der Waals surface area contributed by atoms with Crippen molar-refractivity contribution < 1.29 is 5.11 Å². The van der Waals surface area contributed by atoms with Crippen molar-refractivity contribution in [3.05, 3.63) is 0 Å². The van der Waals surface area contributed by atoms with Crippen LogP contribution >= 0.6 is 0 Å². The summed E-state index contributed by atoms with van der Waals surface area (Å²) in [7, 11) is 0. The fourth-order valence-electron chi connectivity index (χ4n) is 2.19. The molecule has 0 aliphatic rings. The van der Waals surface area contributed by atoms with Crippen molar-refractivity contribution in [3.63, 3.8) is 0 Å².